The van der Waals surface area contributed by atoms with Gasteiger partial charge in [0.25, 0.3) is 0 Å². The Labute approximate surface area is 171 Å². The predicted octanol–water partition coefficient (Wildman–Crippen LogP) is 3.23. The Morgan fingerprint density at radius 1 is 1.17 bits per heavy atom. The number of carboxylic acid groups (broad SMARTS) is 1. The van der Waals surface area contributed by atoms with E-state index in [1.54, 1.807) is 13.2 Å². The summed E-state index contributed by atoms with van der Waals surface area (Å²) >= 11 is 0. The van der Waals surface area contributed by atoms with Crippen LogP contribution in [-0.4, -0.2) is 42.4 Å². The highest BCUT2D eigenvalue weighted by Crippen LogP contribution is 2.31. The third kappa shape index (κ3) is 6.89. The van der Waals surface area contributed by atoms with Crippen LogP contribution in [0.25, 0.3) is 10.8 Å². The van der Waals surface area contributed by atoms with E-state index >= 15 is 0 Å². The lowest BCUT2D eigenvalue weighted by Gasteiger charge is -2.25. The Kier molecular flexibility index (Phi) is 9.06. The molecule has 0 spiro atoms. The fourth-order valence-corrected chi connectivity index (χ4v) is 2.53. The van der Waals surface area contributed by atoms with Gasteiger partial charge in [-0.1, -0.05) is 31.2 Å². The fourth-order valence-electron chi connectivity index (χ4n) is 2.53. The first kappa shape index (κ1) is 25.2. The number of aliphatic carboxylic acids is 1. The van der Waals surface area contributed by atoms with E-state index in [1.807, 2.05) is 37.3 Å². The summed E-state index contributed by atoms with van der Waals surface area (Å²) in [4.78, 5) is 21.4. The van der Waals surface area contributed by atoms with Gasteiger partial charge < -0.3 is 26.0 Å². The van der Waals surface area contributed by atoms with E-state index in [0.29, 0.717) is 37.3 Å². The predicted molar refractivity (Wildman–Crippen MR) is 105 cm³/mol. The van der Waals surface area contributed by atoms with Crippen LogP contribution in [0.3, 0.4) is 0 Å². The van der Waals surface area contributed by atoms with Crippen molar-refractivity contribution in [2.45, 2.75) is 37.9 Å². The summed E-state index contributed by atoms with van der Waals surface area (Å²) in [6.45, 7) is 2.37. The second-order valence-corrected chi connectivity index (χ2v) is 6.44. The van der Waals surface area contributed by atoms with Crippen LogP contribution < -0.4 is 20.9 Å². The quantitative estimate of drug-likeness (QED) is 0.455. The van der Waals surface area contributed by atoms with Crippen molar-refractivity contribution in [1.29, 1.82) is 0 Å². The van der Waals surface area contributed by atoms with E-state index in [0.717, 1.165) is 10.8 Å². The molecule has 0 radical (unpaired) electrons. The van der Waals surface area contributed by atoms with Crippen LogP contribution in [0.1, 0.15) is 26.2 Å². The SMILES string of the molecule is CC[C@](N)(CCCN)C(=O)Oc1cc(OC)c2ccccc2c1.O=C(O)C(F)(F)F. The van der Waals surface area contributed by atoms with Crippen molar-refractivity contribution in [2.75, 3.05) is 13.7 Å². The molecule has 0 saturated heterocycles. The molecule has 2 rings (SSSR count). The zero-order chi connectivity index (χ0) is 22.9. The molecule has 0 unspecified atom stereocenters. The van der Waals surface area contributed by atoms with Gasteiger partial charge >= 0.3 is 18.1 Å². The third-order valence-electron chi connectivity index (χ3n) is 4.33. The van der Waals surface area contributed by atoms with Crippen LogP contribution in [0.2, 0.25) is 0 Å². The Hall–Kier alpha value is -2.85. The van der Waals surface area contributed by atoms with E-state index in [4.69, 9.17) is 30.8 Å². The third-order valence-corrected chi connectivity index (χ3v) is 4.33. The molecule has 1 atom stereocenters. The standard InChI is InChI=1S/C18H24N2O3.C2HF3O2/c1-3-18(20,9-6-10-19)17(21)23-14-11-13-7-4-5-8-15(13)16(12-14)22-2;3-2(4,5)1(6)7/h4-5,7-8,11-12H,3,6,9-10,19-20H2,1-2H3;(H,6,7)/t18-;/m0./s1. The lowest BCUT2D eigenvalue weighted by atomic mass is 9.92. The number of benzene rings is 2. The first-order chi connectivity index (χ1) is 14.0. The zero-order valence-corrected chi connectivity index (χ0v) is 16.7. The number of nitrogens with two attached hydrogens (primary N) is 2. The smallest absolute Gasteiger partial charge is 0.490 e. The average molecular weight is 430 g/mol. The minimum Gasteiger partial charge on any atom is -0.496 e. The van der Waals surface area contributed by atoms with Crippen molar-refractivity contribution < 1.29 is 37.3 Å². The number of alkyl halides is 3. The molecule has 2 aromatic carbocycles. The molecule has 2 aromatic rings. The number of esters is 1. The Balaban J connectivity index is 0.000000553. The molecule has 166 valence electrons. The molecule has 0 saturated carbocycles. The summed E-state index contributed by atoms with van der Waals surface area (Å²) < 4.78 is 42.7. The number of fused-ring (bicyclic) bond motifs is 1. The van der Waals surface area contributed by atoms with Crippen LogP contribution in [0.15, 0.2) is 36.4 Å². The van der Waals surface area contributed by atoms with Crippen LogP contribution in [0.5, 0.6) is 11.5 Å². The minimum atomic E-state index is -5.08. The Morgan fingerprint density at radius 3 is 2.27 bits per heavy atom. The largest absolute Gasteiger partial charge is 0.496 e. The number of carboxylic acids is 1. The van der Waals surface area contributed by atoms with Gasteiger partial charge in [0.15, 0.2) is 0 Å². The molecule has 10 heteroatoms. The first-order valence-electron chi connectivity index (χ1n) is 9.06. The maximum atomic E-state index is 12.5. The molecule has 0 aromatic heterocycles. The molecule has 0 aliphatic heterocycles. The molecule has 7 nitrogen and oxygen atoms in total. The summed E-state index contributed by atoms with van der Waals surface area (Å²) in [5.74, 6) is -2.10. The van der Waals surface area contributed by atoms with Crippen molar-refractivity contribution in [3.8, 4) is 11.5 Å². The lowest BCUT2D eigenvalue weighted by molar-refractivity contribution is -0.192. The second-order valence-electron chi connectivity index (χ2n) is 6.44. The van der Waals surface area contributed by atoms with E-state index in [9.17, 15) is 18.0 Å². The Bertz CT molecular complexity index is 873. The number of halogens is 3. The van der Waals surface area contributed by atoms with Gasteiger partial charge in [-0.25, -0.2) is 9.59 Å². The summed E-state index contributed by atoms with van der Waals surface area (Å²) in [6, 6.07) is 11.3. The second kappa shape index (κ2) is 10.8. The van der Waals surface area contributed by atoms with Gasteiger partial charge in [0.2, 0.25) is 0 Å². The van der Waals surface area contributed by atoms with E-state index in [-0.39, 0.29) is 0 Å². The molecule has 5 N–H and O–H groups in total. The van der Waals surface area contributed by atoms with Crippen molar-refractivity contribution in [2.24, 2.45) is 11.5 Å². The van der Waals surface area contributed by atoms with Gasteiger partial charge in [-0.05, 0) is 37.3 Å². The first-order valence-corrected chi connectivity index (χ1v) is 9.06. The summed E-state index contributed by atoms with van der Waals surface area (Å²) in [5.41, 5.74) is 10.7. The van der Waals surface area contributed by atoms with Gasteiger partial charge in [-0.15, -0.1) is 0 Å². The van der Waals surface area contributed by atoms with Gasteiger partial charge in [-0.2, -0.15) is 13.2 Å². The molecule has 0 heterocycles. The fraction of sp³-hybridized carbons (Fsp3) is 0.400. The van der Waals surface area contributed by atoms with E-state index in [2.05, 4.69) is 0 Å². The van der Waals surface area contributed by atoms with Gasteiger partial charge in [0.1, 0.15) is 17.0 Å². The van der Waals surface area contributed by atoms with Crippen LogP contribution in [0.4, 0.5) is 13.2 Å². The van der Waals surface area contributed by atoms with Gasteiger partial charge in [0, 0.05) is 11.5 Å². The molecular weight excluding hydrogens is 405 g/mol. The summed E-state index contributed by atoms with van der Waals surface area (Å²) in [7, 11) is 1.59. The van der Waals surface area contributed by atoms with Crippen LogP contribution in [-0.2, 0) is 9.59 Å². The van der Waals surface area contributed by atoms with E-state index in [1.165, 1.54) is 0 Å². The number of rotatable bonds is 7. The maximum absolute atomic E-state index is 12.5. The van der Waals surface area contributed by atoms with Crippen molar-refractivity contribution in [3.05, 3.63) is 36.4 Å². The molecule has 30 heavy (non-hydrogen) atoms. The van der Waals surface area contributed by atoms with Crippen molar-refractivity contribution >= 4 is 22.7 Å². The van der Waals surface area contributed by atoms with Gasteiger partial charge in [0.05, 0.1) is 7.11 Å². The number of methoxy groups -OCH3 is 1. The highest BCUT2D eigenvalue weighted by atomic mass is 19.4. The van der Waals surface area contributed by atoms with Crippen molar-refractivity contribution in [1.82, 2.24) is 0 Å². The number of carbonyl (C=O) groups excluding carboxylic acids is 1. The van der Waals surface area contributed by atoms with Crippen LogP contribution in [0, 0.1) is 0 Å². The highest BCUT2D eigenvalue weighted by Gasteiger charge is 2.38. The number of ether oxygens (including phenoxy) is 2. The summed E-state index contributed by atoms with van der Waals surface area (Å²) in [6.07, 6.45) is -3.40. The van der Waals surface area contributed by atoms with Crippen LogP contribution >= 0.6 is 0 Å². The minimum absolute atomic E-state index is 0.432. The topological polar surface area (TPSA) is 125 Å². The molecule has 0 aliphatic carbocycles. The average Bonchev–Trinajstić information content (AvgIpc) is 2.71. The number of hydrogen-bond acceptors (Lipinski definition) is 6. The molecular formula is C20H25F3N2O5. The molecule has 0 amide bonds. The van der Waals surface area contributed by atoms with E-state index < -0.39 is 23.7 Å². The molecule has 0 aliphatic rings. The molecule has 0 fully saturated rings. The molecule has 0 bridgehead atoms. The normalized spacial score (nSPS) is 13.0. The lowest BCUT2D eigenvalue weighted by Crippen LogP contribution is -2.50. The number of carbonyl (C=O) groups is 2. The monoisotopic (exact) mass is 430 g/mol. The highest BCUT2D eigenvalue weighted by molar-refractivity contribution is 5.91. The number of hydrogen-bond donors (Lipinski definition) is 3. The maximum Gasteiger partial charge on any atom is 0.490 e. The van der Waals surface area contributed by atoms with Gasteiger partial charge in [-0.3, -0.25) is 0 Å². The summed E-state index contributed by atoms with van der Waals surface area (Å²) in [5, 5.41) is 9.03. The Morgan fingerprint density at radius 2 is 1.77 bits per heavy atom. The van der Waals surface area contributed by atoms with Crippen molar-refractivity contribution in [3.63, 3.8) is 0 Å². The zero-order valence-electron chi connectivity index (χ0n) is 16.7.